The monoisotopic (exact) mass is 274 g/mol. The van der Waals surface area contributed by atoms with Crippen LogP contribution in [0.5, 0.6) is 0 Å². The lowest BCUT2D eigenvalue weighted by atomic mass is 9.78. The van der Waals surface area contributed by atoms with Crippen LogP contribution in [0.4, 0.5) is 0 Å². The maximum absolute atomic E-state index is 10.3. The normalized spacial score (nSPS) is 20.7. The summed E-state index contributed by atoms with van der Waals surface area (Å²) in [6.45, 7) is 1.65. The maximum atomic E-state index is 10.3. The molecular weight excluding hydrogens is 244 g/mol. The molecule has 1 fully saturated rings. The standard InChI is InChI=1S/C14H30N2O3/c1-15-14(5-3-2-4-6-14)11-13(19)12-16(7-9-17)8-10-18/h13,15,17-19H,2-12H2,1H3. The first-order chi connectivity index (χ1) is 9.15. The molecule has 1 aliphatic carbocycles. The number of nitrogens with one attached hydrogen (secondary N) is 1. The summed E-state index contributed by atoms with van der Waals surface area (Å²) < 4.78 is 0. The van der Waals surface area contributed by atoms with E-state index in [1.54, 1.807) is 0 Å². The second kappa shape index (κ2) is 8.87. The van der Waals surface area contributed by atoms with Gasteiger partial charge in [-0.05, 0) is 26.3 Å². The third kappa shape index (κ3) is 5.75. The molecule has 114 valence electrons. The Bertz CT molecular complexity index is 227. The zero-order valence-electron chi connectivity index (χ0n) is 12.1. The Balaban J connectivity index is 2.44. The summed E-state index contributed by atoms with van der Waals surface area (Å²) in [6, 6.07) is 0. The van der Waals surface area contributed by atoms with Crippen LogP contribution >= 0.6 is 0 Å². The summed E-state index contributed by atoms with van der Waals surface area (Å²) in [5, 5.41) is 31.6. The van der Waals surface area contributed by atoms with Crippen LogP contribution in [0.25, 0.3) is 0 Å². The number of aliphatic hydroxyl groups is 3. The molecule has 0 aromatic rings. The van der Waals surface area contributed by atoms with Crippen molar-refractivity contribution < 1.29 is 15.3 Å². The van der Waals surface area contributed by atoms with E-state index in [0.717, 1.165) is 19.3 Å². The van der Waals surface area contributed by atoms with Gasteiger partial charge in [0.2, 0.25) is 0 Å². The van der Waals surface area contributed by atoms with E-state index >= 15 is 0 Å². The van der Waals surface area contributed by atoms with Gasteiger partial charge >= 0.3 is 0 Å². The molecular formula is C14H30N2O3. The molecule has 0 radical (unpaired) electrons. The smallest absolute Gasteiger partial charge is 0.0684 e. The van der Waals surface area contributed by atoms with E-state index in [2.05, 4.69) is 5.32 Å². The molecule has 0 aromatic carbocycles. The second-order valence-corrected chi connectivity index (χ2v) is 5.70. The summed E-state index contributed by atoms with van der Waals surface area (Å²) in [5.41, 5.74) is 0.0712. The van der Waals surface area contributed by atoms with Crippen molar-refractivity contribution in [2.75, 3.05) is 39.9 Å². The number of hydrogen-bond donors (Lipinski definition) is 4. The second-order valence-electron chi connectivity index (χ2n) is 5.70. The van der Waals surface area contributed by atoms with Gasteiger partial charge in [-0.3, -0.25) is 4.90 Å². The Morgan fingerprint density at radius 1 is 1.11 bits per heavy atom. The largest absolute Gasteiger partial charge is 0.395 e. The highest BCUT2D eigenvalue weighted by Gasteiger charge is 2.32. The maximum Gasteiger partial charge on any atom is 0.0684 e. The molecule has 0 heterocycles. The van der Waals surface area contributed by atoms with E-state index in [9.17, 15) is 5.11 Å². The zero-order chi connectivity index (χ0) is 14.1. The molecule has 19 heavy (non-hydrogen) atoms. The van der Waals surface area contributed by atoms with Crippen LogP contribution in [0.3, 0.4) is 0 Å². The highest BCUT2D eigenvalue weighted by molar-refractivity contribution is 4.92. The van der Waals surface area contributed by atoms with Crippen LogP contribution in [-0.2, 0) is 0 Å². The summed E-state index contributed by atoms with van der Waals surface area (Å²) in [4.78, 5) is 1.91. The minimum Gasteiger partial charge on any atom is -0.395 e. The Kier molecular flexibility index (Phi) is 7.87. The molecule has 0 bridgehead atoms. The molecule has 1 rings (SSSR count). The number of nitrogens with zero attached hydrogens (tertiary/aromatic N) is 1. The predicted octanol–water partition coefficient (Wildman–Crippen LogP) is -0.0537. The first kappa shape index (κ1) is 16.9. The van der Waals surface area contributed by atoms with Gasteiger partial charge < -0.3 is 20.6 Å². The van der Waals surface area contributed by atoms with E-state index < -0.39 is 6.10 Å². The van der Waals surface area contributed by atoms with E-state index in [4.69, 9.17) is 10.2 Å². The topological polar surface area (TPSA) is 76.0 Å². The molecule has 1 unspecified atom stereocenters. The summed E-state index contributed by atoms with van der Waals surface area (Å²) in [7, 11) is 1.98. The minimum absolute atomic E-state index is 0.0594. The molecule has 0 amide bonds. The lowest BCUT2D eigenvalue weighted by Gasteiger charge is -2.39. The van der Waals surface area contributed by atoms with E-state index in [1.165, 1.54) is 19.3 Å². The SMILES string of the molecule is CNC1(CC(O)CN(CCO)CCO)CCCCC1. The van der Waals surface area contributed by atoms with Gasteiger partial charge in [0.1, 0.15) is 0 Å². The van der Waals surface area contributed by atoms with Gasteiger partial charge in [-0.25, -0.2) is 0 Å². The summed E-state index contributed by atoms with van der Waals surface area (Å²) >= 11 is 0. The fourth-order valence-electron chi connectivity index (χ4n) is 3.18. The van der Waals surface area contributed by atoms with Crippen LogP contribution in [-0.4, -0.2) is 71.8 Å². The molecule has 4 N–H and O–H groups in total. The van der Waals surface area contributed by atoms with Crippen LogP contribution in [0.1, 0.15) is 38.5 Å². The van der Waals surface area contributed by atoms with Crippen LogP contribution in [0, 0.1) is 0 Å². The van der Waals surface area contributed by atoms with Crippen molar-refractivity contribution in [2.24, 2.45) is 0 Å². The van der Waals surface area contributed by atoms with Gasteiger partial charge in [-0.2, -0.15) is 0 Å². The number of aliphatic hydroxyl groups excluding tert-OH is 3. The molecule has 5 nitrogen and oxygen atoms in total. The van der Waals surface area contributed by atoms with Crippen LogP contribution < -0.4 is 5.32 Å². The van der Waals surface area contributed by atoms with Gasteiger partial charge in [0, 0.05) is 25.2 Å². The predicted molar refractivity (Wildman–Crippen MR) is 76.1 cm³/mol. The highest BCUT2D eigenvalue weighted by atomic mass is 16.3. The quantitative estimate of drug-likeness (QED) is 0.474. The Labute approximate surface area is 116 Å². The Hall–Kier alpha value is -0.200. The van der Waals surface area contributed by atoms with Crippen molar-refractivity contribution in [1.29, 1.82) is 0 Å². The Morgan fingerprint density at radius 2 is 1.68 bits per heavy atom. The van der Waals surface area contributed by atoms with E-state index in [-0.39, 0.29) is 18.8 Å². The fourth-order valence-corrected chi connectivity index (χ4v) is 3.18. The average Bonchev–Trinajstić information content (AvgIpc) is 2.40. The van der Waals surface area contributed by atoms with Crippen molar-refractivity contribution in [2.45, 2.75) is 50.2 Å². The van der Waals surface area contributed by atoms with E-state index in [1.807, 2.05) is 11.9 Å². The van der Waals surface area contributed by atoms with Gasteiger partial charge in [0.25, 0.3) is 0 Å². The van der Waals surface area contributed by atoms with Gasteiger partial charge in [-0.1, -0.05) is 19.3 Å². The molecule has 1 saturated carbocycles. The summed E-state index contributed by atoms with van der Waals surface area (Å²) in [5.74, 6) is 0. The average molecular weight is 274 g/mol. The third-order valence-corrected chi connectivity index (χ3v) is 4.27. The molecule has 0 saturated heterocycles. The lowest BCUT2D eigenvalue weighted by Crippen LogP contribution is -2.49. The van der Waals surface area contributed by atoms with Crippen LogP contribution in [0.15, 0.2) is 0 Å². The summed E-state index contributed by atoms with van der Waals surface area (Å²) in [6.07, 6.45) is 6.33. The third-order valence-electron chi connectivity index (χ3n) is 4.27. The van der Waals surface area contributed by atoms with Crippen molar-refractivity contribution in [3.63, 3.8) is 0 Å². The van der Waals surface area contributed by atoms with Gasteiger partial charge in [0.05, 0.1) is 19.3 Å². The van der Waals surface area contributed by atoms with Crippen molar-refractivity contribution in [1.82, 2.24) is 10.2 Å². The minimum atomic E-state index is -0.413. The molecule has 1 aliphatic rings. The molecule has 0 spiro atoms. The van der Waals surface area contributed by atoms with Crippen LogP contribution in [0.2, 0.25) is 0 Å². The number of hydrogen-bond acceptors (Lipinski definition) is 5. The first-order valence-corrected chi connectivity index (χ1v) is 7.47. The zero-order valence-corrected chi connectivity index (χ0v) is 12.1. The fraction of sp³-hybridized carbons (Fsp3) is 1.00. The van der Waals surface area contributed by atoms with Crippen molar-refractivity contribution in [3.05, 3.63) is 0 Å². The highest BCUT2D eigenvalue weighted by Crippen LogP contribution is 2.31. The Morgan fingerprint density at radius 3 is 2.16 bits per heavy atom. The van der Waals surface area contributed by atoms with Crippen molar-refractivity contribution in [3.8, 4) is 0 Å². The molecule has 0 aliphatic heterocycles. The molecule has 5 heteroatoms. The van der Waals surface area contributed by atoms with E-state index in [0.29, 0.717) is 19.6 Å². The molecule has 1 atom stereocenters. The van der Waals surface area contributed by atoms with Crippen molar-refractivity contribution >= 4 is 0 Å². The first-order valence-electron chi connectivity index (χ1n) is 7.47. The van der Waals surface area contributed by atoms with Gasteiger partial charge in [0.15, 0.2) is 0 Å². The number of rotatable bonds is 9. The molecule has 0 aromatic heterocycles. The lowest BCUT2D eigenvalue weighted by molar-refractivity contribution is 0.0535. The van der Waals surface area contributed by atoms with Gasteiger partial charge in [-0.15, -0.1) is 0 Å².